The largest absolute Gasteiger partial charge is 0.479 e. The highest BCUT2D eigenvalue weighted by Crippen LogP contribution is 2.28. The minimum Gasteiger partial charge on any atom is -0.479 e. The summed E-state index contributed by atoms with van der Waals surface area (Å²) in [6, 6.07) is 0.804. The molecular formula is C13H20N6O. The van der Waals surface area contributed by atoms with Crippen molar-refractivity contribution in [1.29, 1.82) is 0 Å². The van der Waals surface area contributed by atoms with Gasteiger partial charge in [0, 0.05) is 12.1 Å². The first-order chi connectivity index (χ1) is 9.63. The second kappa shape index (κ2) is 4.81. The molecule has 0 aliphatic carbocycles. The molecule has 0 radical (unpaired) electrons. The fourth-order valence-electron chi connectivity index (χ4n) is 3.06. The van der Waals surface area contributed by atoms with E-state index >= 15 is 0 Å². The van der Waals surface area contributed by atoms with E-state index in [1.165, 1.54) is 12.7 Å². The van der Waals surface area contributed by atoms with E-state index in [1.54, 1.807) is 7.11 Å². The number of nitrogen functional groups attached to an aromatic ring is 1. The molecule has 1 aliphatic heterocycles. The molecule has 3 heterocycles. The molecule has 3 rings (SSSR count). The van der Waals surface area contributed by atoms with Crippen LogP contribution in [-0.2, 0) is 0 Å². The zero-order valence-corrected chi connectivity index (χ0v) is 12.1. The van der Waals surface area contributed by atoms with Crippen molar-refractivity contribution < 1.29 is 4.74 Å². The molecule has 1 fully saturated rings. The van der Waals surface area contributed by atoms with Crippen molar-refractivity contribution in [1.82, 2.24) is 19.6 Å². The number of aromatic nitrogens is 4. The van der Waals surface area contributed by atoms with Gasteiger partial charge in [0.25, 0.3) is 0 Å². The Morgan fingerprint density at radius 1 is 1.25 bits per heavy atom. The predicted octanol–water partition coefficient (Wildman–Crippen LogP) is 1.32. The number of nitrogens with zero attached hydrogens (tertiary/aromatic N) is 5. The SMILES string of the molecule is COc1ncnc2c1nc(N)n2N1C(C)CCCC1C. The minimum atomic E-state index is 0.402. The van der Waals surface area contributed by atoms with Gasteiger partial charge in [0.2, 0.25) is 11.8 Å². The summed E-state index contributed by atoms with van der Waals surface area (Å²) in [4.78, 5) is 12.8. The molecule has 1 aliphatic rings. The van der Waals surface area contributed by atoms with Gasteiger partial charge in [0.1, 0.15) is 6.33 Å². The summed E-state index contributed by atoms with van der Waals surface area (Å²) < 4.78 is 7.15. The van der Waals surface area contributed by atoms with Gasteiger partial charge in [0.05, 0.1) is 7.11 Å². The lowest BCUT2D eigenvalue weighted by Crippen LogP contribution is -2.51. The van der Waals surface area contributed by atoms with Crippen LogP contribution in [0.5, 0.6) is 5.88 Å². The number of hydrogen-bond acceptors (Lipinski definition) is 6. The van der Waals surface area contributed by atoms with Crippen LogP contribution in [0.4, 0.5) is 5.95 Å². The van der Waals surface area contributed by atoms with Gasteiger partial charge in [-0.05, 0) is 33.1 Å². The first kappa shape index (κ1) is 13.0. The molecule has 20 heavy (non-hydrogen) atoms. The fraction of sp³-hybridized carbons (Fsp3) is 0.615. The van der Waals surface area contributed by atoms with Crippen molar-refractivity contribution in [2.24, 2.45) is 0 Å². The molecule has 0 aromatic carbocycles. The first-order valence-electron chi connectivity index (χ1n) is 6.95. The third-order valence-electron chi connectivity index (χ3n) is 3.98. The standard InChI is InChI=1S/C13H20N6O/c1-8-5-4-6-9(2)18(8)19-11-10(17-13(19)14)12(20-3)16-7-15-11/h7-9H,4-6H2,1-3H3,(H2,14,17). The molecule has 108 valence electrons. The van der Waals surface area contributed by atoms with Gasteiger partial charge in [-0.1, -0.05) is 0 Å². The van der Waals surface area contributed by atoms with Crippen molar-refractivity contribution >= 4 is 17.1 Å². The Kier molecular flexibility index (Phi) is 3.11. The number of methoxy groups -OCH3 is 1. The molecule has 2 N–H and O–H groups in total. The van der Waals surface area contributed by atoms with Gasteiger partial charge in [-0.15, -0.1) is 0 Å². The normalized spacial score (nSPS) is 23.2. The number of anilines is 1. The fourth-order valence-corrected chi connectivity index (χ4v) is 3.06. The highest BCUT2D eigenvalue weighted by Gasteiger charge is 2.29. The Morgan fingerprint density at radius 2 is 1.95 bits per heavy atom. The Balaban J connectivity index is 2.18. The lowest BCUT2D eigenvalue weighted by Gasteiger charge is -2.41. The van der Waals surface area contributed by atoms with E-state index in [0.717, 1.165) is 12.8 Å². The van der Waals surface area contributed by atoms with Gasteiger partial charge in [-0.2, -0.15) is 4.98 Å². The third-order valence-corrected chi connectivity index (χ3v) is 3.98. The number of piperidine rings is 1. The number of imidazole rings is 1. The second-order valence-electron chi connectivity index (χ2n) is 5.35. The Labute approximate surface area is 117 Å². The minimum absolute atomic E-state index is 0.402. The van der Waals surface area contributed by atoms with Gasteiger partial charge >= 0.3 is 0 Å². The van der Waals surface area contributed by atoms with Gasteiger partial charge in [-0.3, -0.25) is 0 Å². The number of rotatable bonds is 2. The zero-order chi connectivity index (χ0) is 14.3. The molecule has 0 spiro atoms. The van der Waals surface area contributed by atoms with Gasteiger partial charge < -0.3 is 15.5 Å². The maximum absolute atomic E-state index is 6.12. The Morgan fingerprint density at radius 3 is 2.60 bits per heavy atom. The highest BCUT2D eigenvalue weighted by molar-refractivity contribution is 5.79. The smallest absolute Gasteiger partial charge is 0.245 e. The van der Waals surface area contributed by atoms with Gasteiger partial charge in [0.15, 0.2) is 11.2 Å². The van der Waals surface area contributed by atoms with E-state index in [-0.39, 0.29) is 0 Å². The molecule has 0 saturated carbocycles. The molecule has 2 atom stereocenters. The molecule has 0 bridgehead atoms. The molecular weight excluding hydrogens is 256 g/mol. The molecule has 7 nitrogen and oxygen atoms in total. The van der Waals surface area contributed by atoms with E-state index in [4.69, 9.17) is 10.5 Å². The molecule has 2 aromatic rings. The lowest BCUT2D eigenvalue weighted by atomic mass is 10.00. The van der Waals surface area contributed by atoms with Crippen molar-refractivity contribution in [3.8, 4) is 5.88 Å². The Hall–Kier alpha value is -2.05. The molecule has 2 unspecified atom stereocenters. The molecule has 1 saturated heterocycles. The monoisotopic (exact) mass is 276 g/mol. The first-order valence-corrected chi connectivity index (χ1v) is 6.95. The topological polar surface area (TPSA) is 82.1 Å². The highest BCUT2D eigenvalue weighted by atomic mass is 16.5. The van der Waals surface area contributed by atoms with Crippen LogP contribution in [0.2, 0.25) is 0 Å². The number of hydrogen-bond donors (Lipinski definition) is 1. The summed E-state index contributed by atoms with van der Waals surface area (Å²) in [6.07, 6.45) is 5.01. The lowest BCUT2D eigenvalue weighted by molar-refractivity contribution is 0.342. The van der Waals surface area contributed by atoms with Crippen LogP contribution in [0.15, 0.2) is 6.33 Å². The van der Waals surface area contributed by atoms with Crippen molar-refractivity contribution in [2.75, 3.05) is 17.9 Å². The van der Waals surface area contributed by atoms with Crippen LogP contribution in [0.1, 0.15) is 33.1 Å². The summed E-state index contributed by atoms with van der Waals surface area (Å²) in [7, 11) is 1.57. The molecule has 2 aromatic heterocycles. The van der Waals surface area contributed by atoms with Crippen LogP contribution < -0.4 is 15.5 Å². The van der Waals surface area contributed by atoms with Crippen molar-refractivity contribution in [3.63, 3.8) is 0 Å². The summed E-state index contributed by atoms with van der Waals surface area (Å²) in [5.41, 5.74) is 7.43. The molecule has 0 amide bonds. The maximum Gasteiger partial charge on any atom is 0.245 e. The summed E-state index contributed by atoms with van der Waals surface area (Å²) in [5.74, 6) is 0.886. The summed E-state index contributed by atoms with van der Waals surface area (Å²) in [5, 5.41) is 2.26. The summed E-state index contributed by atoms with van der Waals surface area (Å²) in [6.45, 7) is 4.42. The quantitative estimate of drug-likeness (QED) is 0.890. The van der Waals surface area contributed by atoms with Crippen LogP contribution in [0, 0.1) is 0 Å². The second-order valence-corrected chi connectivity index (χ2v) is 5.35. The zero-order valence-electron chi connectivity index (χ0n) is 12.1. The number of nitrogens with two attached hydrogens (primary N) is 1. The number of fused-ring (bicyclic) bond motifs is 1. The van der Waals surface area contributed by atoms with E-state index in [0.29, 0.717) is 35.1 Å². The molecule has 7 heteroatoms. The van der Waals surface area contributed by atoms with Crippen LogP contribution in [-0.4, -0.2) is 38.8 Å². The average molecular weight is 276 g/mol. The van der Waals surface area contributed by atoms with E-state index in [1.807, 2.05) is 4.68 Å². The van der Waals surface area contributed by atoms with Crippen LogP contribution in [0.25, 0.3) is 11.2 Å². The summed E-state index contributed by atoms with van der Waals surface area (Å²) >= 11 is 0. The third kappa shape index (κ3) is 1.85. The van der Waals surface area contributed by atoms with Crippen molar-refractivity contribution in [3.05, 3.63) is 6.33 Å². The van der Waals surface area contributed by atoms with E-state index in [2.05, 4.69) is 33.8 Å². The number of ether oxygens (including phenoxy) is 1. The van der Waals surface area contributed by atoms with Crippen LogP contribution in [0.3, 0.4) is 0 Å². The predicted molar refractivity (Wildman–Crippen MR) is 77.3 cm³/mol. The van der Waals surface area contributed by atoms with Crippen molar-refractivity contribution in [2.45, 2.75) is 45.2 Å². The average Bonchev–Trinajstić information content (AvgIpc) is 2.75. The van der Waals surface area contributed by atoms with Crippen LogP contribution >= 0.6 is 0 Å². The maximum atomic E-state index is 6.12. The van der Waals surface area contributed by atoms with Gasteiger partial charge in [-0.25, -0.2) is 14.6 Å². The van der Waals surface area contributed by atoms with E-state index < -0.39 is 0 Å². The van der Waals surface area contributed by atoms with E-state index in [9.17, 15) is 0 Å². The Bertz CT molecular complexity index is 615.